The number of carbonyl (C=O) groups excluding carboxylic acids is 2. The zero-order chi connectivity index (χ0) is 23.8. The van der Waals surface area contributed by atoms with Gasteiger partial charge in [-0.2, -0.15) is 0 Å². The third-order valence-corrected chi connectivity index (χ3v) is 5.76. The van der Waals surface area contributed by atoms with Crippen molar-refractivity contribution >= 4 is 29.3 Å². The topological polar surface area (TPSA) is 98.1 Å². The number of methoxy groups -OCH3 is 1. The molecular weight excluding hydrogens is 438 g/mol. The van der Waals surface area contributed by atoms with E-state index in [4.69, 9.17) is 4.74 Å². The summed E-state index contributed by atoms with van der Waals surface area (Å²) >= 11 is 1.26. The minimum absolute atomic E-state index is 0.149. The van der Waals surface area contributed by atoms with E-state index < -0.39 is 0 Å². The Kier molecular flexibility index (Phi) is 8.26. The molecule has 1 aromatic heterocycles. The number of aryl methyl sites for hydroxylation is 1. The van der Waals surface area contributed by atoms with Crippen molar-refractivity contribution in [2.24, 2.45) is 0 Å². The van der Waals surface area contributed by atoms with Gasteiger partial charge in [-0.25, -0.2) is 0 Å². The summed E-state index contributed by atoms with van der Waals surface area (Å²) in [5, 5.41) is 14.9. The molecule has 0 saturated carbocycles. The lowest BCUT2D eigenvalue weighted by atomic mass is 10.1. The van der Waals surface area contributed by atoms with Crippen molar-refractivity contribution in [3.63, 3.8) is 0 Å². The molecule has 172 valence electrons. The average molecular weight is 466 g/mol. The van der Waals surface area contributed by atoms with Crippen LogP contribution < -0.4 is 15.4 Å². The Hall–Kier alpha value is -3.59. The molecule has 9 heteroatoms. The molecule has 3 rings (SSSR count). The van der Waals surface area contributed by atoms with Crippen LogP contribution in [0.5, 0.6) is 5.75 Å². The molecule has 0 bridgehead atoms. The van der Waals surface area contributed by atoms with Crippen LogP contribution >= 0.6 is 11.8 Å². The van der Waals surface area contributed by atoms with Crippen LogP contribution in [-0.2, 0) is 11.3 Å². The molecule has 8 nitrogen and oxygen atoms in total. The van der Waals surface area contributed by atoms with Crippen molar-refractivity contribution in [3.8, 4) is 5.75 Å². The average Bonchev–Trinajstić information content (AvgIpc) is 3.21. The maximum Gasteiger partial charge on any atom is 0.251 e. The van der Waals surface area contributed by atoms with Gasteiger partial charge < -0.3 is 19.9 Å². The summed E-state index contributed by atoms with van der Waals surface area (Å²) in [7, 11) is 1.57. The van der Waals surface area contributed by atoms with Crippen LogP contribution in [0, 0.1) is 6.92 Å². The van der Waals surface area contributed by atoms with Gasteiger partial charge in [0.2, 0.25) is 5.91 Å². The van der Waals surface area contributed by atoms with Crippen LogP contribution in [0.15, 0.2) is 66.3 Å². The minimum atomic E-state index is -0.383. The number of aromatic nitrogens is 3. The quantitative estimate of drug-likeness (QED) is 0.347. The van der Waals surface area contributed by atoms with Crippen LogP contribution in [-0.4, -0.2) is 39.4 Å². The van der Waals surface area contributed by atoms with Gasteiger partial charge >= 0.3 is 0 Å². The first-order chi connectivity index (χ1) is 15.9. The van der Waals surface area contributed by atoms with Crippen molar-refractivity contribution < 1.29 is 14.3 Å². The fourth-order valence-electron chi connectivity index (χ4n) is 3.11. The Morgan fingerprint density at radius 1 is 1.21 bits per heavy atom. The summed E-state index contributed by atoms with van der Waals surface area (Å²) in [5.74, 6) is 1.03. The summed E-state index contributed by atoms with van der Waals surface area (Å²) in [6.45, 7) is 8.07. The number of nitrogens with one attached hydrogen (secondary N) is 2. The number of benzene rings is 2. The van der Waals surface area contributed by atoms with Gasteiger partial charge in [0.15, 0.2) is 11.0 Å². The Morgan fingerprint density at radius 3 is 2.67 bits per heavy atom. The molecule has 0 saturated heterocycles. The fourth-order valence-corrected chi connectivity index (χ4v) is 3.86. The predicted octanol–water partition coefficient (Wildman–Crippen LogP) is 4.00. The number of ether oxygens (including phenoxy) is 1. The second-order valence-electron chi connectivity index (χ2n) is 7.37. The lowest BCUT2D eigenvalue weighted by Gasteiger charge is -2.15. The molecule has 0 unspecified atom stereocenters. The van der Waals surface area contributed by atoms with E-state index in [0.717, 1.165) is 5.56 Å². The van der Waals surface area contributed by atoms with Gasteiger partial charge in [0.05, 0.1) is 18.9 Å². The van der Waals surface area contributed by atoms with Gasteiger partial charge in [0.1, 0.15) is 5.75 Å². The SMILES string of the molecule is C=CCn1c(SCC(=O)Nc2cccc(OC)c2)nnc1[C@H](C)NC(=O)c1ccc(C)cc1. The molecule has 2 aromatic carbocycles. The number of carbonyl (C=O) groups is 2. The first-order valence-electron chi connectivity index (χ1n) is 10.4. The number of anilines is 1. The zero-order valence-electron chi connectivity index (χ0n) is 18.9. The molecule has 2 N–H and O–H groups in total. The smallest absolute Gasteiger partial charge is 0.251 e. The predicted molar refractivity (Wildman–Crippen MR) is 130 cm³/mol. The van der Waals surface area contributed by atoms with E-state index in [2.05, 4.69) is 27.4 Å². The number of hydrogen-bond acceptors (Lipinski definition) is 6. The van der Waals surface area contributed by atoms with Crippen LogP contribution in [0.2, 0.25) is 0 Å². The first kappa shape index (κ1) is 24.1. The maximum absolute atomic E-state index is 12.6. The van der Waals surface area contributed by atoms with E-state index in [9.17, 15) is 9.59 Å². The van der Waals surface area contributed by atoms with E-state index in [-0.39, 0.29) is 23.6 Å². The van der Waals surface area contributed by atoms with Crippen LogP contribution in [0.3, 0.4) is 0 Å². The number of thioether (sulfide) groups is 1. The van der Waals surface area contributed by atoms with E-state index in [0.29, 0.717) is 34.5 Å². The van der Waals surface area contributed by atoms with Gasteiger partial charge in [0, 0.05) is 23.9 Å². The summed E-state index contributed by atoms with van der Waals surface area (Å²) in [5.41, 5.74) is 2.31. The Morgan fingerprint density at radius 2 is 1.97 bits per heavy atom. The van der Waals surface area contributed by atoms with Gasteiger partial charge in [0.25, 0.3) is 5.91 Å². The Bertz CT molecular complexity index is 1130. The zero-order valence-corrected chi connectivity index (χ0v) is 19.7. The molecule has 1 heterocycles. The third-order valence-electron chi connectivity index (χ3n) is 4.79. The molecule has 0 spiro atoms. The third kappa shape index (κ3) is 6.45. The molecule has 33 heavy (non-hydrogen) atoms. The Balaban J connectivity index is 1.65. The summed E-state index contributed by atoms with van der Waals surface area (Å²) < 4.78 is 7.02. The first-order valence-corrected chi connectivity index (χ1v) is 11.4. The van der Waals surface area contributed by atoms with Gasteiger partial charge in [-0.15, -0.1) is 16.8 Å². The van der Waals surface area contributed by atoms with Crippen molar-refractivity contribution in [2.45, 2.75) is 31.6 Å². The highest BCUT2D eigenvalue weighted by molar-refractivity contribution is 7.99. The molecular formula is C24H27N5O3S. The summed E-state index contributed by atoms with van der Waals surface area (Å²) in [4.78, 5) is 25.0. The van der Waals surface area contributed by atoms with E-state index in [1.54, 1.807) is 43.5 Å². The largest absolute Gasteiger partial charge is 0.497 e. The number of amides is 2. The van der Waals surface area contributed by atoms with Crippen molar-refractivity contribution in [3.05, 3.63) is 78.1 Å². The van der Waals surface area contributed by atoms with E-state index in [1.165, 1.54) is 11.8 Å². The maximum atomic E-state index is 12.6. The van der Waals surface area contributed by atoms with E-state index in [1.807, 2.05) is 36.6 Å². The highest BCUT2D eigenvalue weighted by Gasteiger charge is 2.20. The van der Waals surface area contributed by atoms with Crippen molar-refractivity contribution in [1.82, 2.24) is 20.1 Å². The molecule has 0 aliphatic carbocycles. The summed E-state index contributed by atoms with van der Waals surface area (Å²) in [6.07, 6.45) is 1.72. The van der Waals surface area contributed by atoms with Gasteiger partial charge in [-0.1, -0.05) is 41.6 Å². The summed E-state index contributed by atoms with van der Waals surface area (Å²) in [6, 6.07) is 14.1. The van der Waals surface area contributed by atoms with Gasteiger partial charge in [-0.05, 0) is 38.1 Å². The highest BCUT2D eigenvalue weighted by atomic mass is 32.2. The van der Waals surface area contributed by atoms with E-state index >= 15 is 0 Å². The molecule has 0 radical (unpaired) electrons. The Labute approximate surface area is 197 Å². The van der Waals surface area contributed by atoms with Crippen LogP contribution in [0.4, 0.5) is 5.69 Å². The standard InChI is InChI=1S/C24H27N5O3S/c1-5-13-29-22(17(3)25-23(31)18-11-9-16(2)10-12-18)27-28-24(29)33-15-21(30)26-19-7-6-8-20(14-19)32-4/h5-12,14,17H,1,13,15H2,2-4H3,(H,25,31)(H,26,30)/t17-/m0/s1. The molecule has 0 aliphatic heterocycles. The second-order valence-corrected chi connectivity index (χ2v) is 8.31. The highest BCUT2D eigenvalue weighted by Crippen LogP contribution is 2.22. The van der Waals surface area contributed by atoms with Gasteiger partial charge in [-0.3, -0.25) is 9.59 Å². The number of allylic oxidation sites excluding steroid dienone is 1. The second kappa shape index (κ2) is 11.3. The molecule has 0 fully saturated rings. The van der Waals surface area contributed by atoms with Crippen LogP contribution in [0.25, 0.3) is 0 Å². The molecule has 0 aliphatic rings. The molecule has 3 aromatic rings. The lowest BCUT2D eigenvalue weighted by molar-refractivity contribution is -0.113. The van der Waals surface area contributed by atoms with Crippen molar-refractivity contribution in [2.75, 3.05) is 18.2 Å². The molecule has 2 amide bonds. The minimum Gasteiger partial charge on any atom is -0.497 e. The fraction of sp³-hybridized carbons (Fsp3) is 0.250. The normalized spacial score (nSPS) is 11.5. The van der Waals surface area contributed by atoms with Crippen LogP contribution in [0.1, 0.15) is 34.7 Å². The number of nitrogens with zero attached hydrogens (tertiary/aromatic N) is 3. The number of rotatable bonds is 10. The number of hydrogen-bond donors (Lipinski definition) is 2. The monoisotopic (exact) mass is 465 g/mol. The van der Waals surface area contributed by atoms with Crippen molar-refractivity contribution in [1.29, 1.82) is 0 Å². The molecule has 1 atom stereocenters. The lowest BCUT2D eigenvalue weighted by Crippen LogP contribution is -2.28.